The summed E-state index contributed by atoms with van der Waals surface area (Å²) in [6.07, 6.45) is 0. The minimum Gasteiger partial charge on any atom is -0.508 e. The molecule has 0 fully saturated rings. The number of aromatic hydroxyl groups is 2. The Morgan fingerprint density at radius 2 is 1.37 bits per heavy atom. The lowest BCUT2D eigenvalue weighted by molar-refractivity contribution is 0.0223. The van der Waals surface area contributed by atoms with Gasteiger partial charge in [-0.05, 0) is 43.2 Å². The normalized spacial score (nSPS) is 15.6. The Labute approximate surface area is 155 Å². The van der Waals surface area contributed by atoms with Crippen LogP contribution >= 0.6 is 0 Å². The number of carbonyl (C=O) groups excluding carboxylic acids is 1. The summed E-state index contributed by atoms with van der Waals surface area (Å²) >= 11 is 0. The monoisotopic (exact) mass is 360 g/mol. The number of phenolic OH excluding ortho intramolecular Hbond substituents is 2. The second-order valence-corrected chi connectivity index (χ2v) is 6.99. The molecule has 2 aliphatic heterocycles. The van der Waals surface area contributed by atoms with Crippen LogP contribution in [-0.2, 0) is 10.3 Å². The molecule has 5 rings (SSSR count). The Bertz CT molecular complexity index is 1090. The molecular weight excluding hydrogens is 344 g/mol. The van der Waals surface area contributed by atoms with Gasteiger partial charge in [-0.25, -0.2) is 4.79 Å². The second kappa shape index (κ2) is 5.04. The average Bonchev–Trinajstić information content (AvgIpc) is 2.93. The number of carbonyl (C=O) groups is 1. The van der Waals surface area contributed by atoms with Crippen LogP contribution < -0.4 is 4.74 Å². The first-order chi connectivity index (χ1) is 12.9. The van der Waals surface area contributed by atoms with Crippen molar-refractivity contribution in [2.24, 2.45) is 0 Å². The van der Waals surface area contributed by atoms with Gasteiger partial charge in [0.2, 0.25) is 0 Å². The summed E-state index contributed by atoms with van der Waals surface area (Å²) in [7, 11) is 0. The number of hydrogen-bond donors (Lipinski definition) is 2. The molecule has 0 bridgehead atoms. The zero-order chi connectivity index (χ0) is 18.9. The number of ether oxygens (including phenoxy) is 2. The molecule has 1 spiro atoms. The Hall–Kier alpha value is -3.47. The highest BCUT2D eigenvalue weighted by molar-refractivity contribution is 5.97. The van der Waals surface area contributed by atoms with E-state index < -0.39 is 11.6 Å². The summed E-state index contributed by atoms with van der Waals surface area (Å²) < 4.78 is 12.0. The van der Waals surface area contributed by atoms with Crippen LogP contribution in [0.15, 0.2) is 48.5 Å². The molecule has 5 heteroatoms. The predicted molar refractivity (Wildman–Crippen MR) is 97.5 cm³/mol. The maximum atomic E-state index is 12.7. The van der Waals surface area contributed by atoms with Gasteiger partial charge in [-0.15, -0.1) is 0 Å². The smallest absolute Gasteiger partial charge is 0.340 e. The van der Waals surface area contributed by atoms with Gasteiger partial charge in [-0.2, -0.15) is 0 Å². The Kier molecular flexibility index (Phi) is 2.94. The summed E-state index contributed by atoms with van der Waals surface area (Å²) in [5.74, 6) is 0.528. The molecule has 0 radical (unpaired) electrons. The van der Waals surface area contributed by atoms with E-state index in [1.54, 1.807) is 38.1 Å². The average molecular weight is 360 g/mol. The molecule has 27 heavy (non-hydrogen) atoms. The van der Waals surface area contributed by atoms with Gasteiger partial charge in [-0.3, -0.25) is 0 Å². The molecule has 0 atom stereocenters. The third-order valence-corrected chi connectivity index (χ3v) is 5.35. The van der Waals surface area contributed by atoms with Gasteiger partial charge >= 0.3 is 5.97 Å². The summed E-state index contributed by atoms with van der Waals surface area (Å²) in [4.78, 5) is 12.7. The molecule has 2 N–H and O–H groups in total. The van der Waals surface area contributed by atoms with Crippen molar-refractivity contribution in [3.63, 3.8) is 0 Å². The highest BCUT2D eigenvalue weighted by atomic mass is 16.6. The van der Waals surface area contributed by atoms with E-state index in [1.165, 1.54) is 12.1 Å². The molecule has 3 aromatic carbocycles. The minimum absolute atomic E-state index is 0.0845. The van der Waals surface area contributed by atoms with Crippen molar-refractivity contribution in [2.75, 3.05) is 0 Å². The first-order valence-corrected chi connectivity index (χ1v) is 8.60. The zero-order valence-corrected chi connectivity index (χ0v) is 14.7. The van der Waals surface area contributed by atoms with Gasteiger partial charge in [0.05, 0.1) is 5.56 Å². The fraction of sp³-hybridized carbons (Fsp3) is 0.136. The lowest BCUT2D eigenvalue weighted by atomic mass is 9.76. The van der Waals surface area contributed by atoms with E-state index >= 15 is 0 Å². The van der Waals surface area contributed by atoms with E-state index in [-0.39, 0.29) is 11.5 Å². The number of phenols is 2. The van der Waals surface area contributed by atoms with Crippen molar-refractivity contribution in [2.45, 2.75) is 19.4 Å². The van der Waals surface area contributed by atoms with Crippen LogP contribution in [0.3, 0.4) is 0 Å². The zero-order valence-electron chi connectivity index (χ0n) is 14.7. The molecule has 2 heterocycles. The van der Waals surface area contributed by atoms with Crippen LogP contribution in [-0.4, -0.2) is 16.2 Å². The summed E-state index contributed by atoms with van der Waals surface area (Å²) in [6.45, 7) is 3.56. The molecule has 0 saturated carbocycles. The van der Waals surface area contributed by atoms with Crippen molar-refractivity contribution in [1.29, 1.82) is 0 Å². The first-order valence-electron chi connectivity index (χ1n) is 8.60. The van der Waals surface area contributed by atoms with Crippen molar-refractivity contribution >= 4 is 5.97 Å². The summed E-state index contributed by atoms with van der Waals surface area (Å²) in [5, 5.41) is 20.3. The standard InChI is InChI=1S/C22H16O5/c1-11-7-15-19(9-17(11)23)26-20-10-18(24)12(2)8-16(20)22(15)14-6-4-3-5-13(14)21(25)27-22/h3-10,23-24H,1-2H3. The van der Waals surface area contributed by atoms with Gasteiger partial charge in [-0.1, -0.05) is 18.2 Å². The fourth-order valence-electron chi connectivity index (χ4n) is 3.95. The van der Waals surface area contributed by atoms with Gasteiger partial charge < -0.3 is 19.7 Å². The summed E-state index contributed by atoms with van der Waals surface area (Å²) in [5.41, 5.74) is 2.62. The van der Waals surface area contributed by atoms with Gasteiger partial charge in [0.25, 0.3) is 0 Å². The molecule has 0 aromatic heterocycles. The van der Waals surface area contributed by atoms with Gasteiger partial charge in [0, 0.05) is 28.8 Å². The van der Waals surface area contributed by atoms with Crippen LogP contribution in [0.1, 0.15) is 38.2 Å². The van der Waals surface area contributed by atoms with Gasteiger partial charge in [0.1, 0.15) is 23.0 Å². The van der Waals surface area contributed by atoms with E-state index in [0.29, 0.717) is 39.3 Å². The molecule has 0 unspecified atom stereocenters. The van der Waals surface area contributed by atoms with Crippen LogP contribution in [0.25, 0.3) is 0 Å². The van der Waals surface area contributed by atoms with E-state index in [1.807, 2.05) is 12.1 Å². The lowest BCUT2D eigenvalue weighted by Gasteiger charge is -2.37. The van der Waals surface area contributed by atoms with Crippen LogP contribution in [0, 0.1) is 13.8 Å². The highest BCUT2D eigenvalue weighted by Crippen LogP contribution is 2.57. The molecule has 0 aliphatic carbocycles. The van der Waals surface area contributed by atoms with Crippen LogP contribution in [0.4, 0.5) is 0 Å². The quantitative estimate of drug-likeness (QED) is 0.585. The van der Waals surface area contributed by atoms with Crippen LogP contribution in [0.5, 0.6) is 23.0 Å². The van der Waals surface area contributed by atoms with Gasteiger partial charge in [0.15, 0.2) is 5.60 Å². The Balaban J connectivity index is 1.94. The number of rotatable bonds is 0. The largest absolute Gasteiger partial charge is 0.508 e. The third kappa shape index (κ3) is 1.91. The number of aryl methyl sites for hydroxylation is 2. The van der Waals surface area contributed by atoms with Crippen molar-refractivity contribution in [3.05, 3.63) is 81.9 Å². The third-order valence-electron chi connectivity index (χ3n) is 5.35. The van der Waals surface area contributed by atoms with E-state index in [9.17, 15) is 15.0 Å². The molecule has 0 amide bonds. The maximum absolute atomic E-state index is 12.7. The minimum atomic E-state index is -1.19. The van der Waals surface area contributed by atoms with Crippen molar-refractivity contribution in [1.82, 2.24) is 0 Å². The summed E-state index contributed by atoms with van der Waals surface area (Å²) in [6, 6.07) is 13.9. The van der Waals surface area contributed by atoms with E-state index in [2.05, 4.69) is 0 Å². The molecular formula is C22H16O5. The van der Waals surface area contributed by atoms with E-state index in [4.69, 9.17) is 9.47 Å². The molecule has 2 aliphatic rings. The number of benzene rings is 3. The van der Waals surface area contributed by atoms with E-state index in [0.717, 1.165) is 5.56 Å². The number of esters is 1. The topological polar surface area (TPSA) is 76.0 Å². The number of fused-ring (bicyclic) bond motifs is 6. The molecule has 5 nitrogen and oxygen atoms in total. The highest BCUT2D eigenvalue weighted by Gasteiger charge is 2.53. The molecule has 3 aromatic rings. The maximum Gasteiger partial charge on any atom is 0.340 e. The Morgan fingerprint density at radius 3 is 1.96 bits per heavy atom. The lowest BCUT2D eigenvalue weighted by Crippen LogP contribution is -2.33. The Morgan fingerprint density at radius 1 is 0.815 bits per heavy atom. The number of hydrogen-bond acceptors (Lipinski definition) is 5. The van der Waals surface area contributed by atoms with Crippen molar-refractivity contribution < 1.29 is 24.5 Å². The molecule has 134 valence electrons. The first kappa shape index (κ1) is 15.8. The van der Waals surface area contributed by atoms with Crippen LogP contribution in [0.2, 0.25) is 0 Å². The predicted octanol–water partition coefficient (Wildman–Crippen LogP) is 4.28. The second-order valence-electron chi connectivity index (χ2n) is 6.99. The van der Waals surface area contributed by atoms with Crippen molar-refractivity contribution in [3.8, 4) is 23.0 Å². The molecule has 0 saturated heterocycles. The SMILES string of the molecule is Cc1cc2c(cc1O)Oc1cc(O)c(C)cc1C21OC(=O)c2ccccc21. The fourth-order valence-corrected chi connectivity index (χ4v) is 3.95.